The summed E-state index contributed by atoms with van der Waals surface area (Å²) in [5.41, 5.74) is 0. The Morgan fingerprint density at radius 1 is 0.808 bits per heavy atom. The van der Waals surface area contributed by atoms with Crippen LogP contribution in [0.4, 0.5) is 0 Å². The molecule has 0 unspecified atom stereocenters. The number of carbonyl (C=O) groups excluding carboxylic acids is 1. The van der Waals surface area contributed by atoms with Crippen molar-refractivity contribution in [3.8, 4) is 0 Å². The van der Waals surface area contributed by atoms with Crippen molar-refractivity contribution in [2.75, 3.05) is 6.61 Å². The van der Waals surface area contributed by atoms with E-state index in [2.05, 4.69) is 11.7 Å². The van der Waals surface area contributed by atoms with Crippen LogP contribution in [0.15, 0.2) is 72.9 Å². The first-order chi connectivity index (χ1) is 12.7. The monoisotopic (exact) mass is 360 g/mol. The van der Waals surface area contributed by atoms with Crippen molar-refractivity contribution in [1.29, 1.82) is 0 Å². The summed E-state index contributed by atoms with van der Waals surface area (Å²) in [7, 11) is 0. The molecule has 2 N–H and O–H groups in total. The largest absolute Gasteiger partial charge is 0.468 e. The third-order valence-corrected chi connectivity index (χ3v) is 3.23. The fourth-order valence-electron chi connectivity index (χ4n) is 1.88. The van der Waals surface area contributed by atoms with Gasteiger partial charge in [-0.25, -0.2) is 0 Å². The highest BCUT2D eigenvalue weighted by molar-refractivity contribution is 5.36. The Bertz CT molecular complexity index is 498. The highest BCUT2D eigenvalue weighted by Gasteiger charge is 1.93. The number of hydrogen-bond acceptors (Lipinski definition) is 4. The van der Waals surface area contributed by atoms with E-state index in [1.165, 1.54) is 0 Å². The predicted molar refractivity (Wildman–Crippen MR) is 108 cm³/mol. The Hall–Kier alpha value is -2.17. The van der Waals surface area contributed by atoms with Gasteiger partial charge in [0.2, 0.25) is 0 Å². The van der Waals surface area contributed by atoms with Gasteiger partial charge in [0.1, 0.15) is 0 Å². The topological polar surface area (TPSA) is 66.8 Å². The van der Waals surface area contributed by atoms with Crippen LogP contribution < -0.4 is 0 Å². The Morgan fingerprint density at radius 3 is 1.96 bits per heavy atom. The van der Waals surface area contributed by atoms with Gasteiger partial charge in [-0.05, 0) is 32.1 Å². The lowest BCUT2D eigenvalue weighted by atomic mass is 10.2. The van der Waals surface area contributed by atoms with Crippen LogP contribution in [0.2, 0.25) is 0 Å². The summed E-state index contributed by atoms with van der Waals surface area (Å²) in [6.45, 7) is 2.92. The summed E-state index contributed by atoms with van der Waals surface area (Å²) < 4.78 is 4.57. The lowest BCUT2D eigenvalue weighted by Crippen LogP contribution is -1.98. The molecular formula is C22H32O4. The smallest absolute Gasteiger partial charge is 0.293 e. The third-order valence-electron chi connectivity index (χ3n) is 3.23. The number of hydrogen-bond donors (Lipinski definition) is 2. The zero-order chi connectivity index (χ0) is 19.3. The maximum Gasteiger partial charge on any atom is 0.293 e. The number of aliphatic hydroxyl groups is 2. The fourth-order valence-corrected chi connectivity index (χ4v) is 1.88. The Kier molecular flexibility index (Phi) is 17.6. The number of rotatable bonds is 15. The van der Waals surface area contributed by atoms with Crippen LogP contribution in [-0.4, -0.2) is 35.5 Å². The number of aliphatic hydroxyl groups excluding tert-OH is 2. The number of allylic oxidation sites excluding steroid dienone is 7. The van der Waals surface area contributed by atoms with Crippen molar-refractivity contribution >= 4 is 6.47 Å². The third kappa shape index (κ3) is 18.2. The Morgan fingerprint density at radius 2 is 1.38 bits per heavy atom. The molecule has 0 aliphatic rings. The first-order valence-electron chi connectivity index (χ1n) is 9.08. The molecule has 0 aliphatic carbocycles. The molecule has 26 heavy (non-hydrogen) atoms. The summed E-state index contributed by atoms with van der Waals surface area (Å²) in [6.07, 6.45) is 25.3. The highest BCUT2D eigenvalue weighted by atomic mass is 16.5. The van der Waals surface area contributed by atoms with Crippen LogP contribution in [0.5, 0.6) is 0 Å². The Balaban J connectivity index is 3.84. The van der Waals surface area contributed by atoms with Crippen LogP contribution in [0.3, 0.4) is 0 Å². The highest BCUT2D eigenvalue weighted by Crippen LogP contribution is 1.99. The normalized spacial score (nSPS) is 15.3. The van der Waals surface area contributed by atoms with E-state index in [0.29, 0.717) is 32.3 Å². The molecule has 0 heterocycles. The van der Waals surface area contributed by atoms with E-state index in [0.717, 1.165) is 12.8 Å². The van der Waals surface area contributed by atoms with E-state index >= 15 is 0 Å². The SMILES string of the molecule is CCC=CC[C@H](O)C=CC=CC=C[C@@H](O)CC=CCC=CCCOC=O. The first kappa shape index (κ1) is 23.8. The summed E-state index contributed by atoms with van der Waals surface area (Å²) in [5.74, 6) is 0. The van der Waals surface area contributed by atoms with Crippen molar-refractivity contribution in [2.45, 2.75) is 51.2 Å². The molecule has 0 saturated heterocycles. The fraction of sp³-hybridized carbons (Fsp3) is 0.409. The molecule has 4 nitrogen and oxygen atoms in total. The molecule has 0 radical (unpaired) electrons. The van der Waals surface area contributed by atoms with E-state index < -0.39 is 12.2 Å². The van der Waals surface area contributed by atoms with E-state index in [-0.39, 0.29) is 0 Å². The molecule has 0 spiro atoms. The molecule has 0 bridgehead atoms. The summed E-state index contributed by atoms with van der Waals surface area (Å²) in [6, 6.07) is 0. The first-order valence-corrected chi connectivity index (χ1v) is 9.08. The quantitative estimate of drug-likeness (QED) is 0.199. The van der Waals surface area contributed by atoms with Crippen LogP contribution in [0.25, 0.3) is 0 Å². The van der Waals surface area contributed by atoms with Crippen molar-refractivity contribution in [1.82, 2.24) is 0 Å². The van der Waals surface area contributed by atoms with Crippen LogP contribution in [0, 0.1) is 0 Å². The van der Waals surface area contributed by atoms with E-state index in [9.17, 15) is 15.0 Å². The lowest BCUT2D eigenvalue weighted by Gasteiger charge is -1.99. The van der Waals surface area contributed by atoms with E-state index in [1.54, 1.807) is 24.3 Å². The number of ether oxygens (including phenoxy) is 1. The maximum atomic E-state index is 9.93. The second-order valence-corrected chi connectivity index (χ2v) is 5.57. The summed E-state index contributed by atoms with van der Waals surface area (Å²) >= 11 is 0. The van der Waals surface area contributed by atoms with Gasteiger partial charge in [0.25, 0.3) is 6.47 Å². The summed E-state index contributed by atoms with van der Waals surface area (Å²) in [5, 5.41) is 19.5. The maximum absolute atomic E-state index is 9.93. The van der Waals surface area contributed by atoms with Gasteiger partial charge in [-0.1, -0.05) is 79.8 Å². The summed E-state index contributed by atoms with van der Waals surface area (Å²) in [4.78, 5) is 9.93. The van der Waals surface area contributed by atoms with Crippen molar-refractivity contribution in [3.63, 3.8) is 0 Å². The minimum absolute atomic E-state index is 0.408. The van der Waals surface area contributed by atoms with Gasteiger partial charge < -0.3 is 14.9 Å². The van der Waals surface area contributed by atoms with Gasteiger partial charge in [0, 0.05) is 0 Å². The molecule has 0 rings (SSSR count). The molecule has 144 valence electrons. The average Bonchev–Trinajstić information content (AvgIpc) is 2.63. The molecule has 4 heteroatoms. The van der Waals surface area contributed by atoms with Gasteiger partial charge in [-0.3, -0.25) is 4.79 Å². The second kappa shape index (κ2) is 19.2. The zero-order valence-corrected chi connectivity index (χ0v) is 15.6. The molecule has 2 atom stereocenters. The van der Waals surface area contributed by atoms with Crippen LogP contribution >= 0.6 is 0 Å². The van der Waals surface area contributed by atoms with E-state index in [1.807, 2.05) is 48.6 Å². The molecule has 0 aliphatic heterocycles. The van der Waals surface area contributed by atoms with Crippen molar-refractivity contribution in [3.05, 3.63) is 72.9 Å². The minimum atomic E-state index is -0.519. The molecule has 0 aromatic heterocycles. The zero-order valence-electron chi connectivity index (χ0n) is 15.6. The molecule has 0 aromatic rings. The molecule has 0 amide bonds. The van der Waals surface area contributed by atoms with Gasteiger partial charge in [-0.15, -0.1) is 0 Å². The second-order valence-electron chi connectivity index (χ2n) is 5.57. The molecule has 0 aromatic carbocycles. The molecule has 0 saturated carbocycles. The van der Waals surface area contributed by atoms with Crippen LogP contribution in [-0.2, 0) is 9.53 Å². The van der Waals surface area contributed by atoms with Gasteiger partial charge in [0.05, 0.1) is 18.8 Å². The lowest BCUT2D eigenvalue weighted by molar-refractivity contribution is -0.128. The number of carbonyl (C=O) groups is 1. The molecule has 0 fully saturated rings. The standard InChI is InChI=1S/C22H32O4/c1-2-3-10-15-21(24)17-12-7-8-13-18-22(25)16-11-6-4-5-9-14-19-26-20-23/h3,5-13,17-18,20-22,24-25H,2,4,14-16,19H2,1H3/t21-,22-/m0/s1. The van der Waals surface area contributed by atoms with Crippen LogP contribution in [0.1, 0.15) is 39.0 Å². The predicted octanol–water partition coefficient (Wildman–Crippen LogP) is 4.19. The minimum Gasteiger partial charge on any atom is -0.468 e. The Labute approximate surface area is 157 Å². The van der Waals surface area contributed by atoms with Crippen molar-refractivity contribution < 1.29 is 19.7 Å². The van der Waals surface area contributed by atoms with Crippen molar-refractivity contribution in [2.24, 2.45) is 0 Å². The van der Waals surface area contributed by atoms with E-state index in [4.69, 9.17) is 0 Å². The van der Waals surface area contributed by atoms with Gasteiger partial charge in [0.15, 0.2) is 0 Å². The van der Waals surface area contributed by atoms with Gasteiger partial charge >= 0.3 is 0 Å². The van der Waals surface area contributed by atoms with Gasteiger partial charge in [-0.2, -0.15) is 0 Å². The molecular weight excluding hydrogens is 328 g/mol. The average molecular weight is 360 g/mol.